The summed E-state index contributed by atoms with van der Waals surface area (Å²) >= 11 is 1.37. The Labute approximate surface area is 141 Å². The molecule has 0 bridgehead atoms. The van der Waals surface area contributed by atoms with Gasteiger partial charge < -0.3 is 9.72 Å². The zero-order chi connectivity index (χ0) is 17.1. The largest absolute Gasteiger partial charge is 0.495 e. The maximum atomic E-state index is 13.4. The number of aromatic nitrogens is 2. The second kappa shape index (κ2) is 7.09. The van der Waals surface area contributed by atoms with Gasteiger partial charge in [0.25, 0.3) is 0 Å². The molecule has 0 saturated heterocycles. The first kappa shape index (κ1) is 16.6. The molecule has 3 aromatic rings. The van der Waals surface area contributed by atoms with Crippen molar-refractivity contribution in [3.63, 3.8) is 0 Å². The van der Waals surface area contributed by atoms with Gasteiger partial charge in [0, 0.05) is 12.6 Å². The number of hydrogen-bond donors (Lipinski definition) is 1. The molecule has 2 aromatic carbocycles. The van der Waals surface area contributed by atoms with Gasteiger partial charge in [-0.15, -0.1) is 11.8 Å². The number of rotatable bonds is 6. The Kier molecular flexibility index (Phi) is 4.89. The average molecular weight is 350 g/mol. The molecule has 0 spiro atoms. The van der Waals surface area contributed by atoms with Gasteiger partial charge >= 0.3 is 5.69 Å². The number of ether oxygens (including phenoxy) is 1. The predicted octanol–water partition coefficient (Wildman–Crippen LogP) is 3.80. The molecular formula is C17H16F2N2O2S. The topological polar surface area (TPSA) is 47.0 Å². The Morgan fingerprint density at radius 2 is 1.96 bits per heavy atom. The Morgan fingerprint density at radius 3 is 2.75 bits per heavy atom. The number of hydrogen-bond acceptors (Lipinski definition) is 3. The van der Waals surface area contributed by atoms with Crippen LogP contribution in [0.4, 0.5) is 8.78 Å². The maximum absolute atomic E-state index is 13.4. The molecule has 0 saturated carbocycles. The monoisotopic (exact) mass is 350 g/mol. The highest BCUT2D eigenvalue weighted by Gasteiger charge is 2.11. The number of nitrogens with zero attached hydrogens (tertiary/aromatic N) is 1. The van der Waals surface area contributed by atoms with Crippen LogP contribution in [0, 0.1) is 11.6 Å². The zero-order valence-corrected chi connectivity index (χ0v) is 13.8. The van der Waals surface area contributed by atoms with Crippen LogP contribution in [0.3, 0.4) is 0 Å². The predicted molar refractivity (Wildman–Crippen MR) is 90.8 cm³/mol. The van der Waals surface area contributed by atoms with Crippen molar-refractivity contribution in [3.8, 4) is 5.75 Å². The third kappa shape index (κ3) is 3.31. The Bertz CT molecular complexity index is 921. The lowest BCUT2D eigenvalue weighted by Crippen LogP contribution is -2.17. The molecule has 0 fully saturated rings. The fraction of sp³-hybridized carbons (Fsp3) is 0.235. The van der Waals surface area contributed by atoms with E-state index in [0.29, 0.717) is 29.4 Å². The summed E-state index contributed by atoms with van der Waals surface area (Å²) in [4.78, 5) is 15.3. The highest BCUT2D eigenvalue weighted by Crippen LogP contribution is 2.31. The van der Waals surface area contributed by atoms with Crippen LogP contribution < -0.4 is 10.4 Å². The zero-order valence-electron chi connectivity index (χ0n) is 13.0. The summed E-state index contributed by atoms with van der Waals surface area (Å²) < 4.78 is 33.3. The van der Waals surface area contributed by atoms with E-state index in [-0.39, 0.29) is 5.69 Å². The van der Waals surface area contributed by atoms with Gasteiger partial charge in [-0.25, -0.2) is 13.6 Å². The van der Waals surface area contributed by atoms with Crippen molar-refractivity contribution in [3.05, 3.63) is 58.5 Å². The second-order valence-corrected chi connectivity index (χ2v) is 6.35. The third-order valence-corrected chi connectivity index (χ3v) is 4.79. The van der Waals surface area contributed by atoms with E-state index < -0.39 is 11.6 Å². The summed E-state index contributed by atoms with van der Waals surface area (Å²) in [5, 5.41) is 0. The molecule has 1 heterocycles. The minimum Gasteiger partial charge on any atom is -0.495 e. The van der Waals surface area contributed by atoms with Gasteiger partial charge in [-0.3, -0.25) is 4.57 Å². The number of fused-ring (bicyclic) bond motifs is 1. The molecule has 1 N–H and O–H groups in total. The van der Waals surface area contributed by atoms with Gasteiger partial charge in [0.05, 0.1) is 23.0 Å². The number of imidazole rings is 1. The van der Waals surface area contributed by atoms with Gasteiger partial charge in [0.1, 0.15) is 5.75 Å². The summed E-state index contributed by atoms with van der Waals surface area (Å²) in [5.41, 5.74) is 1.52. The first-order valence-corrected chi connectivity index (χ1v) is 8.42. The number of thioether (sulfide) groups is 1. The van der Waals surface area contributed by atoms with E-state index in [9.17, 15) is 13.6 Å². The molecule has 0 aliphatic rings. The van der Waals surface area contributed by atoms with Crippen molar-refractivity contribution in [2.45, 2.75) is 17.9 Å². The van der Waals surface area contributed by atoms with E-state index in [4.69, 9.17) is 4.74 Å². The van der Waals surface area contributed by atoms with Gasteiger partial charge in [-0.1, -0.05) is 12.1 Å². The highest BCUT2D eigenvalue weighted by molar-refractivity contribution is 7.99. The standard InChI is InChI=1S/C17H16F2N2O2S/c1-23-15-9-11(18)12(19)10-16(15)24-8-4-7-21-14-6-3-2-5-13(14)20-17(21)22/h2-3,5-6,9-10H,4,7-8H2,1H3,(H,20,22). The lowest BCUT2D eigenvalue weighted by molar-refractivity contribution is 0.395. The van der Waals surface area contributed by atoms with Crippen molar-refractivity contribution < 1.29 is 13.5 Å². The van der Waals surface area contributed by atoms with Crippen LogP contribution in [-0.4, -0.2) is 22.4 Å². The maximum Gasteiger partial charge on any atom is 0.326 e. The van der Waals surface area contributed by atoms with Crippen LogP contribution in [-0.2, 0) is 6.54 Å². The molecule has 126 valence electrons. The molecule has 24 heavy (non-hydrogen) atoms. The lowest BCUT2D eigenvalue weighted by Gasteiger charge is -2.09. The minimum absolute atomic E-state index is 0.147. The van der Waals surface area contributed by atoms with Crippen LogP contribution in [0.2, 0.25) is 0 Å². The molecule has 4 nitrogen and oxygen atoms in total. The number of para-hydroxylation sites is 2. The normalized spacial score (nSPS) is 11.1. The Balaban J connectivity index is 1.66. The van der Waals surface area contributed by atoms with Crippen LogP contribution in [0.25, 0.3) is 11.0 Å². The number of benzene rings is 2. The minimum atomic E-state index is -0.929. The number of aromatic amines is 1. The van der Waals surface area contributed by atoms with Crippen molar-refractivity contribution in [1.82, 2.24) is 9.55 Å². The number of H-pyrrole nitrogens is 1. The molecule has 1 aromatic heterocycles. The molecule has 0 aliphatic carbocycles. The summed E-state index contributed by atoms with van der Waals surface area (Å²) in [6.07, 6.45) is 0.703. The molecule has 0 radical (unpaired) electrons. The van der Waals surface area contributed by atoms with E-state index in [0.717, 1.165) is 23.2 Å². The second-order valence-electron chi connectivity index (χ2n) is 5.22. The molecule has 7 heteroatoms. The molecule has 0 unspecified atom stereocenters. The number of halogens is 2. The van der Waals surface area contributed by atoms with Crippen molar-refractivity contribution >= 4 is 22.8 Å². The number of nitrogens with one attached hydrogen (secondary N) is 1. The Morgan fingerprint density at radius 1 is 1.21 bits per heavy atom. The van der Waals surface area contributed by atoms with Crippen LogP contribution in [0.15, 0.2) is 46.1 Å². The average Bonchev–Trinajstić information content (AvgIpc) is 2.90. The first-order valence-electron chi connectivity index (χ1n) is 7.43. The van der Waals surface area contributed by atoms with Crippen molar-refractivity contribution in [2.75, 3.05) is 12.9 Å². The van der Waals surface area contributed by atoms with E-state index in [2.05, 4.69) is 4.98 Å². The van der Waals surface area contributed by atoms with Crippen LogP contribution >= 0.6 is 11.8 Å². The van der Waals surface area contributed by atoms with Crippen LogP contribution in [0.1, 0.15) is 6.42 Å². The van der Waals surface area contributed by atoms with Crippen LogP contribution in [0.5, 0.6) is 5.75 Å². The molecule has 0 aliphatic heterocycles. The van der Waals surface area contributed by atoms with E-state index in [1.807, 2.05) is 24.3 Å². The first-order chi connectivity index (χ1) is 11.6. The van der Waals surface area contributed by atoms with E-state index in [1.54, 1.807) is 4.57 Å². The van der Waals surface area contributed by atoms with Crippen molar-refractivity contribution in [1.29, 1.82) is 0 Å². The highest BCUT2D eigenvalue weighted by atomic mass is 32.2. The fourth-order valence-corrected chi connectivity index (χ4v) is 3.48. The summed E-state index contributed by atoms with van der Waals surface area (Å²) in [7, 11) is 1.42. The quantitative estimate of drug-likeness (QED) is 0.543. The fourth-order valence-electron chi connectivity index (χ4n) is 2.52. The van der Waals surface area contributed by atoms with Gasteiger partial charge in [-0.05, 0) is 30.4 Å². The SMILES string of the molecule is COc1cc(F)c(F)cc1SCCCn1c(=O)[nH]c2ccccc21. The summed E-state index contributed by atoms with van der Waals surface area (Å²) in [5.74, 6) is -0.872. The van der Waals surface area contributed by atoms with E-state index in [1.165, 1.54) is 18.9 Å². The van der Waals surface area contributed by atoms with E-state index >= 15 is 0 Å². The molecule has 0 atom stereocenters. The molecule has 0 amide bonds. The van der Waals surface area contributed by atoms with Crippen molar-refractivity contribution in [2.24, 2.45) is 0 Å². The number of methoxy groups -OCH3 is 1. The molecule has 3 rings (SSSR count). The third-order valence-electron chi connectivity index (χ3n) is 3.67. The lowest BCUT2D eigenvalue weighted by atomic mass is 10.3. The molecular weight excluding hydrogens is 334 g/mol. The Hall–Kier alpha value is -2.28. The van der Waals surface area contributed by atoms with Gasteiger partial charge in [0.2, 0.25) is 0 Å². The smallest absolute Gasteiger partial charge is 0.326 e. The summed E-state index contributed by atoms with van der Waals surface area (Å²) in [6.45, 7) is 0.543. The van der Waals surface area contributed by atoms with Gasteiger partial charge in [0.15, 0.2) is 11.6 Å². The summed E-state index contributed by atoms with van der Waals surface area (Å²) in [6, 6.07) is 9.67. The number of aryl methyl sites for hydroxylation is 1. The van der Waals surface area contributed by atoms with Gasteiger partial charge in [-0.2, -0.15) is 0 Å².